The minimum atomic E-state index is -0.0708. The molecule has 0 atom stereocenters. The highest BCUT2D eigenvalue weighted by atomic mass is 79.9. The Morgan fingerprint density at radius 2 is 1.90 bits per heavy atom. The van der Waals surface area contributed by atoms with Gasteiger partial charge in [0.2, 0.25) is 5.78 Å². The van der Waals surface area contributed by atoms with Crippen LogP contribution in [0, 0.1) is 0 Å². The first-order chi connectivity index (χ1) is 14.1. The Bertz CT molecular complexity index is 1210. The Balaban J connectivity index is 1.75. The van der Waals surface area contributed by atoms with Gasteiger partial charge < -0.3 is 10.2 Å². The van der Waals surface area contributed by atoms with Crippen LogP contribution < -0.4 is 5.73 Å². The van der Waals surface area contributed by atoms with E-state index in [0.29, 0.717) is 16.1 Å². The zero-order valence-corrected chi connectivity index (χ0v) is 18.1. The second-order valence-electron chi connectivity index (χ2n) is 7.31. The number of ketones is 1. The maximum absolute atomic E-state index is 13.2. The highest BCUT2D eigenvalue weighted by molar-refractivity contribution is 9.10. The van der Waals surface area contributed by atoms with E-state index in [1.165, 1.54) is 23.3 Å². The number of aromatic nitrogens is 1. The van der Waals surface area contributed by atoms with Gasteiger partial charge in [-0.15, -0.1) is 11.3 Å². The highest BCUT2D eigenvalue weighted by Crippen LogP contribution is 2.44. The van der Waals surface area contributed by atoms with Crippen LogP contribution in [0.5, 0.6) is 0 Å². The summed E-state index contributed by atoms with van der Waals surface area (Å²) in [4.78, 5) is 19.5. The van der Waals surface area contributed by atoms with E-state index in [0.717, 1.165) is 57.4 Å². The smallest absolute Gasteiger partial charge is 0.205 e. The predicted molar refractivity (Wildman–Crippen MR) is 121 cm³/mol. The molecule has 0 fully saturated rings. The number of anilines is 1. The molecule has 0 bridgehead atoms. The van der Waals surface area contributed by atoms with Gasteiger partial charge in [-0.05, 0) is 67.6 Å². The van der Waals surface area contributed by atoms with E-state index in [2.05, 4.69) is 15.9 Å². The molecule has 0 unspecified atom stereocenters. The summed E-state index contributed by atoms with van der Waals surface area (Å²) in [6.07, 6.45) is 7.05. The Labute approximate surface area is 180 Å². The number of nitrogens with zero attached hydrogens (tertiary/aromatic N) is 1. The van der Waals surface area contributed by atoms with Gasteiger partial charge in [0.1, 0.15) is 15.5 Å². The van der Waals surface area contributed by atoms with E-state index in [1.54, 1.807) is 6.26 Å². The minimum absolute atomic E-state index is 0.0708. The largest absolute Gasteiger partial charge is 0.464 e. The van der Waals surface area contributed by atoms with Gasteiger partial charge in [-0.1, -0.05) is 22.4 Å². The number of rotatable bonds is 3. The van der Waals surface area contributed by atoms with Crippen molar-refractivity contribution in [2.75, 3.05) is 5.73 Å². The number of hydrogen-bond donors (Lipinski definition) is 1. The van der Waals surface area contributed by atoms with Crippen LogP contribution in [0.25, 0.3) is 21.5 Å². The SMILES string of the molecule is Nc1c(C(=O)c2ccc(Br)cc2)sc2nc3c(c(-c4ccco4)c12)CCCCC3. The Kier molecular flexibility index (Phi) is 4.76. The zero-order valence-electron chi connectivity index (χ0n) is 15.7. The van der Waals surface area contributed by atoms with Crippen molar-refractivity contribution in [1.82, 2.24) is 4.98 Å². The molecule has 0 radical (unpaired) electrons. The molecule has 146 valence electrons. The second kappa shape index (κ2) is 7.43. The summed E-state index contributed by atoms with van der Waals surface area (Å²) in [5, 5.41) is 0.853. The van der Waals surface area contributed by atoms with Gasteiger partial charge in [-0.2, -0.15) is 0 Å². The summed E-state index contributed by atoms with van der Waals surface area (Å²) >= 11 is 4.80. The molecular weight excluding hydrogens is 448 g/mol. The molecular formula is C23H19BrN2O2S. The van der Waals surface area contributed by atoms with Crippen LogP contribution in [-0.2, 0) is 12.8 Å². The minimum Gasteiger partial charge on any atom is -0.464 e. The van der Waals surface area contributed by atoms with E-state index in [9.17, 15) is 4.79 Å². The number of benzene rings is 1. The normalized spacial score (nSPS) is 14.0. The van der Waals surface area contributed by atoms with Crippen molar-refractivity contribution in [2.24, 2.45) is 0 Å². The quantitative estimate of drug-likeness (QED) is 0.280. The van der Waals surface area contributed by atoms with Crippen molar-refractivity contribution in [2.45, 2.75) is 32.1 Å². The highest BCUT2D eigenvalue weighted by Gasteiger charge is 2.26. The molecule has 1 aliphatic rings. The number of fused-ring (bicyclic) bond motifs is 2. The van der Waals surface area contributed by atoms with Crippen LogP contribution in [0.4, 0.5) is 5.69 Å². The number of thiophene rings is 1. The van der Waals surface area contributed by atoms with Gasteiger partial charge in [-0.25, -0.2) is 4.98 Å². The molecule has 0 saturated heterocycles. The maximum atomic E-state index is 13.2. The topological polar surface area (TPSA) is 69.1 Å². The summed E-state index contributed by atoms with van der Waals surface area (Å²) in [5.74, 6) is 0.723. The molecule has 3 aromatic heterocycles. The fourth-order valence-corrected chi connectivity index (χ4v) is 5.43. The predicted octanol–water partition coefficient (Wildman–Crippen LogP) is 6.40. The standard InChI is InChI=1S/C23H19BrN2O2S/c24-14-10-8-13(9-11-14)21(27)22-20(25)19-18(17-7-4-12-28-17)15-5-2-1-3-6-16(15)26-23(19)29-22/h4,7-12H,1-3,5-6,25H2. The van der Waals surface area contributed by atoms with Gasteiger partial charge >= 0.3 is 0 Å². The summed E-state index contributed by atoms with van der Waals surface area (Å²) in [6.45, 7) is 0. The Hall–Kier alpha value is -2.44. The molecule has 29 heavy (non-hydrogen) atoms. The number of nitrogen functional groups attached to an aromatic ring is 1. The molecule has 0 aliphatic heterocycles. The first-order valence-corrected chi connectivity index (χ1v) is 11.3. The van der Waals surface area contributed by atoms with Crippen LogP contribution >= 0.6 is 27.3 Å². The molecule has 6 heteroatoms. The van der Waals surface area contributed by atoms with E-state index in [4.69, 9.17) is 15.1 Å². The summed E-state index contributed by atoms with van der Waals surface area (Å²) in [7, 11) is 0. The number of pyridine rings is 1. The fraction of sp³-hybridized carbons (Fsp3) is 0.217. The van der Waals surface area contributed by atoms with Crippen LogP contribution in [0.1, 0.15) is 45.8 Å². The third kappa shape index (κ3) is 3.20. The lowest BCUT2D eigenvalue weighted by Gasteiger charge is -2.12. The molecule has 1 aliphatic carbocycles. The molecule has 0 amide bonds. The van der Waals surface area contributed by atoms with Gasteiger partial charge in [-0.3, -0.25) is 4.79 Å². The number of carbonyl (C=O) groups is 1. The van der Waals surface area contributed by atoms with Gasteiger partial charge in [0.05, 0.1) is 12.0 Å². The van der Waals surface area contributed by atoms with Crippen LogP contribution in [0.3, 0.4) is 0 Å². The van der Waals surface area contributed by atoms with E-state index < -0.39 is 0 Å². The third-order valence-corrected chi connectivity index (χ3v) is 7.11. The first kappa shape index (κ1) is 18.6. The van der Waals surface area contributed by atoms with Gasteiger partial charge in [0.15, 0.2) is 0 Å². The summed E-state index contributed by atoms with van der Waals surface area (Å²) in [5.41, 5.74) is 11.1. The van der Waals surface area contributed by atoms with Crippen molar-refractivity contribution in [1.29, 1.82) is 0 Å². The Morgan fingerprint density at radius 1 is 1.10 bits per heavy atom. The van der Waals surface area contributed by atoms with Crippen LogP contribution in [0.2, 0.25) is 0 Å². The molecule has 3 heterocycles. The van der Waals surface area contributed by atoms with Crippen molar-refractivity contribution in [3.8, 4) is 11.3 Å². The molecule has 4 nitrogen and oxygen atoms in total. The molecule has 5 rings (SSSR count). The van der Waals surface area contributed by atoms with Gasteiger partial charge in [0.25, 0.3) is 0 Å². The fourth-order valence-electron chi connectivity index (χ4n) is 4.08. The number of nitrogens with two attached hydrogens (primary N) is 1. The number of halogens is 1. The number of carbonyl (C=O) groups excluding carboxylic acids is 1. The van der Waals surface area contributed by atoms with Crippen LogP contribution in [0.15, 0.2) is 51.6 Å². The van der Waals surface area contributed by atoms with Crippen LogP contribution in [-0.4, -0.2) is 10.8 Å². The molecule has 2 N–H and O–H groups in total. The number of furan rings is 1. The summed E-state index contributed by atoms with van der Waals surface area (Å²) in [6, 6.07) is 11.2. The molecule has 4 aromatic rings. The molecule has 0 saturated carbocycles. The van der Waals surface area contributed by atoms with Crippen molar-refractivity contribution < 1.29 is 9.21 Å². The Morgan fingerprint density at radius 3 is 2.66 bits per heavy atom. The van der Waals surface area contributed by atoms with Crippen molar-refractivity contribution in [3.63, 3.8) is 0 Å². The van der Waals surface area contributed by atoms with E-state index in [1.807, 2.05) is 36.4 Å². The summed E-state index contributed by atoms with van der Waals surface area (Å²) < 4.78 is 6.72. The van der Waals surface area contributed by atoms with E-state index >= 15 is 0 Å². The number of aryl methyl sites for hydroxylation is 1. The van der Waals surface area contributed by atoms with Crippen molar-refractivity contribution in [3.05, 3.63) is 68.8 Å². The lowest BCUT2D eigenvalue weighted by Crippen LogP contribution is -2.03. The molecule has 1 aromatic carbocycles. The zero-order chi connectivity index (χ0) is 20.0. The second-order valence-corrected chi connectivity index (χ2v) is 9.23. The molecule has 0 spiro atoms. The average Bonchev–Trinajstić information content (AvgIpc) is 3.29. The van der Waals surface area contributed by atoms with E-state index in [-0.39, 0.29) is 5.78 Å². The maximum Gasteiger partial charge on any atom is 0.205 e. The lowest BCUT2D eigenvalue weighted by molar-refractivity contribution is 0.104. The third-order valence-electron chi connectivity index (χ3n) is 5.48. The monoisotopic (exact) mass is 466 g/mol. The first-order valence-electron chi connectivity index (χ1n) is 9.71. The lowest BCUT2D eigenvalue weighted by atomic mass is 9.96. The van der Waals surface area contributed by atoms with Gasteiger partial charge in [0, 0.05) is 26.7 Å². The van der Waals surface area contributed by atoms with Crippen molar-refractivity contribution >= 4 is 49.0 Å². The number of hydrogen-bond acceptors (Lipinski definition) is 5. The average molecular weight is 467 g/mol.